The van der Waals surface area contributed by atoms with Crippen LogP contribution in [0.4, 0.5) is 4.79 Å². The van der Waals surface area contributed by atoms with Crippen molar-refractivity contribution in [3.63, 3.8) is 0 Å². The molecular formula is C15H27NO4. The minimum atomic E-state index is -0.668. The molecule has 1 unspecified atom stereocenters. The van der Waals surface area contributed by atoms with E-state index >= 15 is 0 Å². The van der Waals surface area contributed by atoms with Gasteiger partial charge in [0.25, 0.3) is 0 Å². The highest BCUT2D eigenvalue weighted by atomic mass is 16.6. The lowest BCUT2D eigenvalue weighted by Crippen LogP contribution is -2.46. The van der Waals surface area contributed by atoms with Crippen LogP contribution < -0.4 is 5.32 Å². The molecule has 0 saturated heterocycles. The average Bonchev–Trinajstić information content (AvgIpc) is 2.46. The molecule has 1 N–H and O–H groups in total. The number of hydrogen-bond acceptors (Lipinski definition) is 4. The van der Waals surface area contributed by atoms with Crippen LogP contribution in [0.25, 0.3) is 0 Å². The first-order valence-electron chi connectivity index (χ1n) is 7.27. The topological polar surface area (TPSA) is 64.6 Å². The molecule has 0 spiro atoms. The molecule has 0 aliphatic rings. The summed E-state index contributed by atoms with van der Waals surface area (Å²) >= 11 is 0. The summed E-state index contributed by atoms with van der Waals surface area (Å²) in [7, 11) is 0. The molecule has 5 heteroatoms. The Bertz CT molecular complexity index is 304. The molecule has 20 heavy (non-hydrogen) atoms. The van der Waals surface area contributed by atoms with Gasteiger partial charge in [0, 0.05) is 0 Å². The van der Waals surface area contributed by atoms with E-state index in [-0.39, 0.29) is 12.5 Å². The van der Waals surface area contributed by atoms with E-state index in [1.165, 1.54) is 6.08 Å². The van der Waals surface area contributed by atoms with E-state index in [0.717, 1.165) is 25.7 Å². The molecule has 0 aromatic rings. The zero-order chi connectivity index (χ0) is 15.4. The quantitative estimate of drug-likeness (QED) is 0.380. The number of nitrogens with one attached hydrogen (secondary N) is 1. The Hall–Kier alpha value is -1.52. The number of amides is 1. The van der Waals surface area contributed by atoms with Gasteiger partial charge in [-0.15, -0.1) is 0 Å². The van der Waals surface area contributed by atoms with Gasteiger partial charge in [0.2, 0.25) is 0 Å². The molecule has 0 saturated carbocycles. The molecule has 0 aromatic heterocycles. The van der Waals surface area contributed by atoms with Gasteiger partial charge in [-0.25, -0.2) is 9.59 Å². The van der Waals surface area contributed by atoms with Crippen molar-refractivity contribution < 1.29 is 19.1 Å². The minimum Gasteiger partial charge on any atom is -0.464 e. The number of ether oxygens (including phenoxy) is 2. The maximum Gasteiger partial charge on any atom is 0.408 e. The van der Waals surface area contributed by atoms with Crippen molar-refractivity contribution in [1.82, 2.24) is 5.32 Å². The molecule has 116 valence electrons. The monoisotopic (exact) mass is 285 g/mol. The summed E-state index contributed by atoms with van der Waals surface area (Å²) in [5.41, 5.74) is 0. The van der Waals surface area contributed by atoms with Crippen LogP contribution in [0.15, 0.2) is 12.7 Å². The maximum absolute atomic E-state index is 12.0. The number of carbonyl (C=O) groups is 2. The zero-order valence-corrected chi connectivity index (χ0v) is 12.8. The summed E-state index contributed by atoms with van der Waals surface area (Å²) in [6, 6.07) is -0.668. The lowest BCUT2D eigenvalue weighted by molar-refractivity contribution is -0.147. The summed E-state index contributed by atoms with van der Waals surface area (Å²) in [4.78, 5) is 23.5. The Morgan fingerprint density at radius 1 is 1.25 bits per heavy atom. The summed E-state index contributed by atoms with van der Waals surface area (Å²) in [5.74, 6) is -0.407. The average molecular weight is 285 g/mol. The highest BCUT2D eigenvalue weighted by molar-refractivity contribution is 5.81. The van der Waals surface area contributed by atoms with Crippen molar-refractivity contribution in [2.75, 3.05) is 13.2 Å². The zero-order valence-electron chi connectivity index (χ0n) is 12.8. The van der Waals surface area contributed by atoms with Crippen LogP contribution in [0.1, 0.15) is 46.5 Å². The molecule has 0 fully saturated rings. The molecule has 1 amide bonds. The fourth-order valence-electron chi connectivity index (χ4n) is 1.59. The van der Waals surface area contributed by atoms with Crippen molar-refractivity contribution in [2.45, 2.75) is 52.5 Å². The van der Waals surface area contributed by atoms with Gasteiger partial charge >= 0.3 is 12.1 Å². The predicted octanol–water partition coefficient (Wildman–Crippen LogP) is 3.05. The van der Waals surface area contributed by atoms with Gasteiger partial charge in [-0.1, -0.05) is 52.7 Å². The lowest BCUT2D eigenvalue weighted by Gasteiger charge is -2.22. The number of hydrogen-bond donors (Lipinski definition) is 1. The highest BCUT2D eigenvalue weighted by Gasteiger charge is 2.27. The second-order valence-corrected chi connectivity index (χ2v) is 4.77. The van der Waals surface area contributed by atoms with Gasteiger partial charge in [-0.05, 0) is 12.3 Å². The van der Waals surface area contributed by atoms with Crippen LogP contribution in [0.3, 0.4) is 0 Å². The van der Waals surface area contributed by atoms with Gasteiger partial charge in [-0.3, -0.25) is 0 Å². The van der Waals surface area contributed by atoms with E-state index in [1.807, 2.05) is 13.8 Å². The van der Waals surface area contributed by atoms with Crippen LogP contribution in [0.2, 0.25) is 0 Å². The van der Waals surface area contributed by atoms with E-state index in [1.54, 1.807) is 0 Å². The van der Waals surface area contributed by atoms with Crippen molar-refractivity contribution >= 4 is 12.1 Å². The third-order valence-electron chi connectivity index (χ3n) is 3.06. The molecule has 0 heterocycles. The fraction of sp³-hybridized carbons (Fsp3) is 0.733. The molecule has 0 bridgehead atoms. The van der Waals surface area contributed by atoms with Crippen LogP contribution in [-0.4, -0.2) is 31.3 Å². The van der Waals surface area contributed by atoms with E-state index in [2.05, 4.69) is 18.8 Å². The van der Waals surface area contributed by atoms with Gasteiger partial charge < -0.3 is 14.8 Å². The first-order chi connectivity index (χ1) is 9.56. The van der Waals surface area contributed by atoms with E-state index < -0.39 is 18.1 Å². The summed E-state index contributed by atoms with van der Waals surface area (Å²) in [6.07, 6.45) is 4.54. The fourth-order valence-corrected chi connectivity index (χ4v) is 1.59. The first-order valence-corrected chi connectivity index (χ1v) is 7.27. The summed E-state index contributed by atoms with van der Waals surface area (Å²) in [6.45, 7) is 9.90. The van der Waals surface area contributed by atoms with E-state index in [0.29, 0.717) is 6.61 Å². The third kappa shape index (κ3) is 7.81. The van der Waals surface area contributed by atoms with Crippen molar-refractivity contribution in [1.29, 1.82) is 0 Å². The van der Waals surface area contributed by atoms with Crippen molar-refractivity contribution in [3.8, 4) is 0 Å². The number of esters is 1. The Morgan fingerprint density at radius 3 is 2.50 bits per heavy atom. The molecule has 0 aliphatic carbocycles. The minimum absolute atomic E-state index is 0.00930. The SMILES string of the molecule is C=CCOC(=O)N[C@H](C(=O)OCCCCC)C(C)CC. The second-order valence-electron chi connectivity index (χ2n) is 4.77. The molecule has 0 aromatic carbocycles. The van der Waals surface area contributed by atoms with Crippen molar-refractivity contribution in [3.05, 3.63) is 12.7 Å². The Labute approximate surface area is 121 Å². The highest BCUT2D eigenvalue weighted by Crippen LogP contribution is 2.10. The second kappa shape index (κ2) is 11.3. The lowest BCUT2D eigenvalue weighted by atomic mass is 9.99. The van der Waals surface area contributed by atoms with Crippen LogP contribution in [-0.2, 0) is 14.3 Å². The molecule has 0 radical (unpaired) electrons. The number of alkyl carbamates (subject to hydrolysis) is 1. The van der Waals surface area contributed by atoms with Crippen LogP contribution >= 0.6 is 0 Å². The first kappa shape index (κ1) is 18.5. The Kier molecular flexibility index (Phi) is 10.5. The van der Waals surface area contributed by atoms with E-state index in [9.17, 15) is 9.59 Å². The number of rotatable bonds is 10. The van der Waals surface area contributed by atoms with Crippen molar-refractivity contribution in [2.24, 2.45) is 5.92 Å². The Morgan fingerprint density at radius 2 is 1.95 bits per heavy atom. The largest absolute Gasteiger partial charge is 0.464 e. The van der Waals surface area contributed by atoms with Gasteiger partial charge in [-0.2, -0.15) is 0 Å². The van der Waals surface area contributed by atoms with Gasteiger partial charge in [0.1, 0.15) is 12.6 Å². The molecular weight excluding hydrogens is 258 g/mol. The molecule has 5 nitrogen and oxygen atoms in total. The maximum atomic E-state index is 12.0. The molecule has 0 rings (SSSR count). The van der Waals surface area contributed by atoms with E-state index in [4.69, 9.17) is 9.47 Å². The number of carbonyl (C=O) groups excluding carboxylic acids is 2. The standard InChI is InChI=1S/C15H27NO4/c1-5-8-9-11-19-14(17)13(12(4)7-3)16-15(18)20-10-6-2/h6,12-13H,2,5,7-11H2,1,3-4H3,(H,16,18)/t12?,13-/m0/s1. The third-order valence-corrected chi connectivity index (χ3v) is 3.06. The molecule has 2 atom stereocenters. The van der Waals surface area contributed by atoms with Crippen LogP contribution in [0, 0.1) is 5.92 Å². The van der Waals surface area contributed by atoms with Crippen LogP contribution in [0.5, 0.6) is 0 Å². The summed E-state index contributed by atoms with van der Waals surface area (Å²) < 4.78 is 10.0. The van der Waals surface area contributed by atoms with Gasteiger partial charge in [0.15, 0.2) is 0 Å². The summed E-state index contributed by atoms with van der Waals surface area (Å²) in [5, 5.41) is 2.56. The normalized spacial score (nSPS) is 13.2. The smallest absolute Gasteiger partial charge is 0.408 e. The van der Waals surface area contributed by atoms with Gasteiger partial charge in [0.05, 0.1) is 6.61 Å². The predicted molar refractivity (Wildman–Crippen MR) is 78.4 cm³/mol. The Balaban J connectivity index is 4.35. The number of unbranched alkanes of at least 4 members (excludes halogenated alkanes) is 2. The molecule has 0 aliphatic heterocycles.